The Morgan fingerprint density at radius 2 is 2.06 bits per heavy atom. The van der Waals surface area contributed by atoms with Crippen LogP contribution in [-0.4, -0.2) is 35.0 Å². The number of carbonyl (C=O) groups excluding carboxylic acids is 3. The Balaban J connectivity index is 1.47. The minimum absolute atomic E-state index is 0.0361. The van der Waals surface area contributed by atoms with Gasteiger partial charge >= 0.3 is 0 Å². The molecule has 1 saturated heterocycles. The lowest BCUT2D eigenvalue weighted by Crippen LogP contribution is -2.52. The molecule has 2 aromatic carbocycles. The first-order valence-corrected chi connectivity index (χ1v) is 9.97. The number of aliphatic hydroxyl groups is 1. The average Bonchev–Trinajstić information content (AvgIpc) is 3.07. The number of hydrogen-bond donors (Lipinski definition) is 3. The predicted octanol–water partition coefficient (Wildman–Crippen LogP) is 2.14. The molecule has 31 heavy (non-hydrogen) atoms. The lowest BCUT2D eigenvalue weighted by molar-refractivity contribution is -0.149. The fourth-order valence-corrected chi connectivity index (χ4v) is 3.92. The van der Waals surface area contributed by atoms with Crippen LogP contribution in [0.2, 0.25) is 0 Å². The summed E-state index contributed by atoms with van der Waals surface area (Å²) in [5, 5.41) is 16.1. The van der Waals surface area contributed by atoms with Gasteiger partial charge in [0, 0.05) is 37.3 Å². The Kier molecular flexibility index (Phi) is 5.32. The van der Waals surface area contributed by atoms with Crippen molar-refractivity contribution in [2.24, 2.45) is 0 Å². The maximum Gasteiger partial charge on any atom is 0.268 e. The highest BCUT2D eigenvalue weighted by molar-refractivity contribution is 6.16. The quantitative estimate of drug-likeness (QED) is 0.642. The van der Waals surface area contributed by atoms with Gasteiger partial charge in [-0.05, 0) is 59.5 Å². The molecule has 2 aromatic rings. The molecule has 1 atom stereocenters. The van der Waals surface area contributed by atoms with E-state index in [1.165, 1.54) is 23.1 Å². The number of amides is 3. The molecule has 7 nitrogen and oxygen atoms in total. The van der Waals surface area contributed by atoms with Crippen molar-refractivity contribution < 1.29 is 23.9 Å². The van der Waals surface area contributed by atoms with Crippen molar-refractivity contribution in [1.29, 1.82) is 0 Å². The van der Waals surface area contributed by atoms with Crippen molar-refractivity contribution in [3.05, 3.63) is 65.5 Å². The van der Waals surface area contributed by atoms with Gasteiger partial charge in [0.15, 0.2) is 0 Å². The largest absolute Gasteiger partial charge is 0.372 e. The van der Waals surface area contributed by atoms with Crippen molar-refractivity contribution in [2.75, 3.05) is 16.8 Å². The van der Waals surface area contributed by atoms with Crippen LogP contribution in [0.4, 0.5) is 15.8 Å². The van der Waals surface area contributed by atoms with Crippen molar-refractivity contribution in [3.8, 4) is 0 Å². The van der Waals surface area contributed by atoms with Crippen LogP contribution in [0, 0.1) is 5.82 Å². The van der Waals surface area contributed by atoms with Crippen LogP contribution in [0.25, 0.3) is 6.08 Å². The van der Waals surface area contributed by atoms with Gasteiger partial charge in [0.1, 0.15) is 5.82 Å². The molecule has 0 aliphatic carbocycles. The zero-order valence-corrected chi connectivity index (χ0v) is 16.8. The molecule has 0 radical (unpaired) electrons. The number of hydrogen-bond acceptors (Lipinski definition) is 4. The smallest absolute Gasteiger partial charge is 0.268 e. The summed E-state index contributed by atoms with van der Waals surface area (Å²) in [6.45, 7) is 3.73. The number of nitrogens with zero attached hydrogens (tertiary/aromatic N) is 1. The number of nitrogens with one attached hydrogen (secondary N) is 2. The molecule has 1 unspecified atom stereocenters. The minimum atomic E-state index is -2.20. The molecule has 4 rings (SSSR count). The summed E-state index contributed by atoms with van der Waals surface area (Å²) >= 11 is 0. The number of aryl methyl sites for hydroxylation is 1. The third-order valence-electron chi connectivity index (χ3n) is 5.64. The van der Waals surface area contributed by atoms with Crippen molar-refractivity contribution in [2.45, 2.75) is 31.4 Å². The Morgan fingerprint density at radius 1 is 1.26 bits per heavy atom. The van der Waals surface area contributed by atoms with Crippen LogP contribution in [0.1, 0.15) is 29.5 Å². The molecule has 0 bridgehead atoms. The summed E-state index contributed by atoms with van der Waals surface area (Å²) in [5.41, 5.74) is 1.02. The molecule has 2 aliphatic heterocycles. The van der Waals surface area contributed by atoms with E-state index in [4.69, 9.17) is 0 Å². The molecule has 0 saturated carbocycles. The first kappa shape index (κ1) is 20.7. The SMILES string of the molecule is C=Cc1cc(F)cc(CNC(=O)C2(O)CCN(c3ccc4c(c3)CCC(=O)N4)C2=O)c1. The summed E-state index contributed by atoms with van der Waals surface area (Å²) in [6.07, 6.45) is 2.35. The molecule has 1 fully saturated rings. The van der Waals surface area contributed by atoms with E-state index >= 15 is 0 Å². The topological polar surface area (TPSA) is 98.7 Å². The fourth-order valence-electron chi connectivity index (χ4n) is 3.92. The number of anilines is 2. The van der Waals surface area contributed by atoms with E-state index < -0.39 is 23.2 Å². The van der Waals surface area contributed by atoms with Crippen LogP contribution in [0.15, 0.2) is 43.0 Å². The van der Waals surface area contributed by atoms with Crippen LogP contribution >= 0.6 is 0 Å². The molecule has 2 aliphatic rings. The molecule has 0 spiro atoms. The van der Waals surface area contributed by atoms with Crippen LogP contribution < -0.4 is 15.5 Å². The van der Waals surface area contributed by atoms with E-state index in [1.54, 1.807) is 24.3 Å². The third kappa shape index (κ3) is 3.94. The van der Waals surface area contributed by atoms with Gasteiger partial charge in [-0.3, -0.25) is 14.4 Å². The van der Waals surface area contributed by atoms with Crippen molar-refractivity contribution in [3.63, 3.8) is 0 Å². The lowest BCUT2D eigenvalue weighted by atomic mass is 10.0. The number of carbonyl (C=O) groups is 3. The standard InChI is InChI=1S/C23H22FN3O4/c1-2-14-9-15(11-17(24)10-14)13-25-21(29)23(31)7-8-27(22(23)30)18-4-5-19-16(12-18)3-6-20(28)26-19/h2,4-5,9-12,31H,1,3,6-8,13H2,(H,25,29)(H,26,28). The van der Waals surface area contributed by atoms with E-state index in [0.717, 1.165) is 5.56 Å². The number of fused-ring (bicyclic) bond motifs is 1. The van der Waals surface area contributed by atoms with Gasteiger partial charge in [-0.2, -0.15) is 0 Å². The Labute approximate surface area is 178 Å². The van der Waals surface area contributed by atoms with Gasteiger partial charge < -0.3 is 20.6 Å². The highest BCUT2D eigenvalue weighted by Gasteiger charge is 2.51. The Morgan fingerprint density at radius 3 is 2.84 bits per heavy atom. The van der Waals surface area contributed by atoms with Gasteiger partial charge in [0.25, 0.3) is 11.8 Å². The van der Waals surface area contributed by atoms with Crippen LogP contribution in [0.5, 0.6) is 0 Å². The van der Waals surface area contributed by atoms with Gasteiger partial charge in [0.05, 0.1) is 0 Å². The Hall–Kier alpha value is -3.52. The number of benzene rings is 2. The highest BCUT2D eigenvalue weighted by atomic mass is 19.1. The van der Waals surface area contributed by atoms with E-state index in [2.05, 4.69) is 17.2 Å². The normalized spacial score (nSPS) is 20.3. The van der Waals surface area contributed by atoms with E-state index in [0.29, 0.717) is 35.3 Å². The lowest BCUT2D eigenvalue weighted by Gasteiger charge is -2.24. The maximum atomic E-state index is 13.7. The van der Waals surface area contributed by atoms with Crippen LogP contribution in [0.3, 0.4) is 0 Å². The van der Waals surface area contributed by atoms with Gasteiger partial charge in [-0.1, -0.05) is 12.7 Å². The first-order valence-electron chi connectivity index (χ1n) is 9.97. The third-order valence-corrected chi connectivity index (χ3v) is 5.64. The minimum Gasteiger partial charge on any atom is -0.372 e. The number of halogens is 1. The molecular weight excluding hydrogens is 401 g/mol. The second kappa shape index (κ2) is 7.96. The predicted molar refractivity (Wildman–Crippen MR) is 114 cm³/mol. The van der Waals surface area contributed by atoms with E-state index in [1.807, 2.05) is 0 Å². The van der Waals surface area contributed by atoms with Crippen LogP contribution in [-0.2, 0) is 27.3 Å². The molecule has 2 heterocycles. The molecular formula is C23H22FN3O4. The molecule has 3 amide bonds. The molecule has 8 heteroatoms. The van der Waals surface area contributed by atoms with E-state index in [-0.39, 0.29) is 25.4 Å². The maximum absolute atomic E-state index is 13.7. The highest BCUT2D eigenvalue weighted by Crippen LogP contribution is 2.32. The summed E-state index contributed by atoms with van der Waals surface area (Å²) < 4.78 is 13.7. The molecule has 3 N–H and O–H groups in total. The zero-order valence-electron chi connectivity index (χ0n) is 16.8. The van der Waals surface area contributed by atoms with Gasteiger partial charge in [-0.25, -0.2) is 4.39 Å². The summed E-state index contributed by atoms with van der Waals surface area (Å²) in [6, 6.07) is 9.43. The fraction of sp³-hybridized carbons (Fsp3) is 0.261. The average molecular weight is 423 g/mol. The van der Waals surface area contributed by atoms with E-state index in [9.17, 15) is 23.9 Å². The second-order valence-electron chi connectivity index (χ2n) is 7.74. The Bertz CT molecular complexity index is 1100. The summed E-state index contributed by atoms with van der Waals surface area (Å²) in [4.78, 5) is 38.5. The second-order valence-corrected chi connectivity index (χ2v) is 7.74. The molecule has 160 valence electrons. The summed E-state index contributed by atoms with van der Waals surface area (Å²) in [7, 11) is 0. The van der Waals surface area contributed by atoms with Crippen molar-refractivity contribution >= 4 is 35.2 Å². The number of rotatable bonds is 5. The van der Waals surface area contributed by atoms with Gasteiger partial charge in [-0.15, -0.1) is 0 Å². The van der Waals surface area contributed by atoms with Gasteiger partial charge in [0.2, 0.25) is 11.5 Å². The first-order chi connectivity index (χ1) is 14.8. The summed E-state index contributed by atoms with van der Waals surface area (Å²) in [5.74, 6) is -2.06. The molecule has 0 aromatic heterocycles. The monoisotopic (exact) mass is 423 g/mol. The van der Waals surface area contributed by atoms with Crippen molar-refractivity contribution in [1.82, 2.24) is 5.32 Å². The zero-order chi connectivity index (χ0) is 22.2.